The van der Waals surface area contributed by atoms with E-state index in [0.29, 0.717) is 22.1 Å². The number of hydrogen-bond donors (Lipinski definition) is 0. The van der Waals surface area contributed by atoms with Gasteiger partial charge in [0.1, 0.15) is 0 Å². The summed E-state index contributed by atoms with van der Waals surface area (Å²) in [6, 6.07) is 1.54. The number of nitro groups is 1. The smallest absolute Gasteiger partial charge is 0.312 e. The molecule has 1 aliphatic heterocycles. The molecule has 0 radical (unpaired) electrons. The maximum absolute atomic E-state index is 11.1. The summed E-state index contributed by atoms with van der Waals surface area (Å²) >= 11 is 3.24. The predicted octanol–water partition coefficient (Wildman–Crippen LogP) is 2.99. The third-order valence-electron chi connectivity index (χ3n) is 4.04. The summed E-state index contributed by atoms with van der Waals surface area (Å²) in [6.07, 6.45) is 5.45. The number of aromatic nitrogens is 1. The molecule has 96 valence electrons. The summed E-state index contributed by atoms with van der Waals surface area (Å²) in [5.41, 5.74) is 0.101. The first-order valence-electron chi connectivity index (χ1n) is 6.20. The molecule has 5 nitrogen and oxygen atoms in total. The maximum Gasteiger partial charge on any atom is 0.312 e. The molecule has 0 N–H and O–H groups in total. The number of fused-ring (bicyclic) bond motifs is 1. The molecule has 6 heteroatoms. The quantitative estimate of drug-likeness (QED) is 0.622. The molecule has 2 atom stereocenters. The topological polar surface area (TPSA) is 59.3 Å². The average Bonchev–Trinajstić information content (AvgIpc) is 2.88. The first kappa shape index (κ1) is 11.9. The van der Waals surface area contributed by atoms with Crippen molar-refractivity contribution in [2.75, 3.05) is 18.0 Å². The Balaban J connectivity index is 1.90. The van der Waals surface area contributed by atoms with Crippen molar-refractivity contribution in [3.63, 3.8) is 0 Å². The minimum Gasteiger partial charge on any atom is -0.350 e. The van der Waals surface area contributed by atoms with E-state index in [9.17, 15) is 10.1 Å². The van der Waals surface area contributed by atoms with Gasteiger partial charge in [-0.05, 0) is 40.6 Å². The second-order valence-corrected chi connectivity index (χ2v) is 6.03. The van der Waals surface area contributed by atoms with E-state index in [1.54, 1.807) is 6.20 Å². The Morgan fingerprint density at radius 3 is 2.67 bits per heavy atom. The summed E-state index contributed by atoms with van der Waals surface area (Å²) < 4.78 is 0.650. The molecular weight excluding hydrogens is 298 g/mol. The molecule has 2 heterocycles. The minimum absolute atomic E-state index is 0.101. The molecule has 1 aliphatic carbocycles. The van der Waals surface area contributed by atoms with Gasteiger partial charge in [-0.3, -0.25) is 10.1 Å². The molecule has 18 heavy (non-hydrogen) atoms. The van der Waals surface area contributed by atoms with Crippen LogP contribution in [0.25, 0.3) is 0 Å². The summed E-state index contributed by atoms with van der Waals surface area (Å²) in [5, 5.41) is 11.1. The van der Waals surface area contributed by atoms with E-state index in [0.717, 1.165) is 13.1 Å². The van der Waals surface area contributed by atoms with E-state index in [4.69, 9.17) is 0 Å². The van der Waals surface area contributed by atoms with Gasteiger partial charge >= 0.3 is 5.69 Å². The van der Waals surface area contributed by atoms with Crippen molar-refractivity contribution in [2.24, 2.45) is 11.8 Å². The highest BCUT2D eigenvalue weighted by Crippen LogP contribution is 2.41. The number of halogens is 1. The fourth-order valence-electron chi connectivity index (χ4n) is 3.21. The zero-order valence-electron chi connectivity index (χ0n) is 9.88. The molecule has 3 rings (SSSR count). The Kier molecular flexibility index (Phi) is 2.97. The fourth-order valence-corrected chi connectivity index (χ4v) is 3.53. The van der Waals surface area contributed by atoms with Gasteiger partial charge in [-0.15, -0.1) is 0 Å². The van der Waals surface area contributed by atoms with Gasteiger partial charge in [0.15, 0.2) is 0 Å². The molecule has 0 bridgehead atoms. The Morgan fingerprint density at radius 1 is 1.39 bits per heavy atom. The lowest BCUT2D eigenvalue weighted by molar-refractivity contribution is -0.384. The molecule has 1 aromatic rings. The molecule has 1 aromatic heterocycles. The molecule has 0 aromatic carbocycles. The number of rotatable bonds is 2. The molecule has 0 amide bonds. The third kappa shape index (κ3) is 1.98. The highest BCUT2D eigenvalue weighted by Gasteiger charge is 2.38. The lowest BCUT2D eigenvalue weighted by atomic mass is 10.0. The SMILES string of the molecule is O=[N+]([O-])c1cc(Br)cnc1N1CC2CCCC2C1. The van der Waals surface area contributed by atoms with Gasteiger partial charge in [-0.25, -0.2) is 4.98 Å². The van der Waals surface area contributed by atoms with E-state index >= 15 is 0 Å². The van der Waals surface area contributed by atoms with Crippen LogP contribution in [0.5, 0.6) is 0 Å². The van der Waals surface area contributed by atoms with Crippen molar-refractivity contribution < 1.29 is 4.92 Å². The predicted molar refractivity (Wildman–Crippen MR) is 71.6 cm³/mol. The summed E-state index contributed by atoms with van der Waals surface area (Å²) in [5.74, 6) is 1.93. The molecule has 1 saturated carbocycles. The van der Waals surface area contributed by atoms with Gasteiger partial charge in [0, 0.05) is 29.8 Å². The van der Waals surface area contributed by atoms with E-state index in [2.05, 4.69) is 25.8 Å². The van der Waals surface area contributed by atoms with Crippen molar-refractivity contribution in [2.45, 2.75) is 19.3 Å². The number of pyridine rings is 1. The zero-order chi connectivity index (χ0) is 12.7. The third-order valence-corrected chi connectivity index (χ3v) is 4.47. The van der Waals surface area contributed by atoms with Crippen LogP contribution in [0.4, 0.5) is 11.5 Å². The van der Waals surface area contributed by atoms with Crippen LogP contribution in [-0.2, 0) is 0 Å². The second kappa shape index (κ2) is 4.50. The Labute approximate surface area is 113 Å². The van der Waals surface area contributed by atoms with Crippen molar-refractivity contribution in [3.05, 3.63) is 26.9 Å². The van der Waals surface area contributed by atoms with Crippen LogP contribution in [-0.4, -0.2) is 23.0 Å². The monoisotopic (exact) mass is 311 g/mol. The zero-order valence-corrected chi connectivity index (χ0v) is 11.5. The van der Waals surface area contributed by atoms with Crippen LogP contribution in [0.2, 0.25) is 0 Å². The Morgan fingerprint density at radius 2 is 2.06 bits per heavy atom. The standard InChI is InChI=1S/C12H14BrN3O2/c13-10-4-11(16(17)18)12(14-5-10)15-6-8-2-1-3-9(8)7-15/h4-5,8-9H,1-3,6-7H2. The lowest BCUT2D eigenvalue weighted by Crippen LogP contribution is -2.22. The van der Waals surface area contributed by atoms with Crippen LogP contribution in [0.15, 0.2) is 16.7 Å². The Hall–Kier alpha value is -1.17. The van der Waals surface area contributed by atoms with Gasteiger partial charge in [0.05, 0.1) is 4.92 Å². The molecule has 0 spiro atoms. The number of nitrogens with zero attached hydrogens (tertiary/aromatic N) is 3. The van der Waals surface area contributed by atoms with E-state index in [1.165, 1.54) is 25.3 Å². The van der Waals surface area contributed by atoms with Crippen molar-refractivity contribution in [1.29, 1.82) is 0 Å². The first-order chi connectivity index (χ1) is 8.65. The lowest BCUT2D eigenvalue weighted by Gasteiger charge is -2.18. The minimum atomic E-state index is -0.346. The Bertz CT molecular complexity index is 482. The van der Waals surface area contributed by atoms with Crippen LogP contribution < -0.4 is 4.90 Å². The van der Waals surface area contributed by atoms with Gasteiger partial charge < -0.3 is 4.90 Å². The van der Waals surface area contributed by atoms with Crippen LogP contribution in [0.1, 0.15) is 19.3 Å². The van der Waals surface area contributed by atoms with E-state index < -0.39 is 0 Å². The maximum atomic E-state index is 11.1. The number of hydrogen-bond acceptors (Lipinski definition) is 4. The van der Waals surface area contributed by atoms with Crippen molar-refractivity contribution in [3.8, 4) is 0 Å². The van der Waals surface area contributed by atoms with Crippen LogP contribution in [0, 0.1) is 22.0 Å². The summed E-state index contributed by atoms with van der Waals surface area (Å²) in [6.45, 7) is 1.83. The second-order valence-electron chi connectivity index (χ2n) is 5.11. The van der Waals surface area contributed by atoms with Crippen LogP contribution >= 0.6 is 15.9 Å². The van der Waals surface area contributed by atoms with E-state index in [-0.39, 0.29) is 10.6 Å². The summed E-state index contributed by atoms with van der Waals surface area (Å²) in [7, 11) is 0. The average molecular weight is 312 g/mol. The van der Waals surface area contributed by atoms with Gasteiger partial charge in [-0.2, -0.15) is 0 Å². The highest BCUT2D eigenvalue weighted by atomic mass is 79.9. The normalized spacial score (nSPS) is 26.4. The highest BCUT2D eigenvalue weighted by molar-refractivity contribution is 9.10. The van der Waals surface area contributed by atoms with Gasteiger partial charge in [0.2, 0.25) is 5.82 Å². The van der Waals surface area contributed by atoms with Gasteiger partial charge in [-0.1, -0.05) is 6.42 Å². The largest absolute Gasteiger partial charge is 0.350 e. The molecule has 2 unspecified atom stereocenters. The molecular formula is C12H14BrN3O2. The summed E-state index contributed by atoms with van der Waals surface area (Å²) in [4.78, 5) is 17.1. The van der Waals surface area contributed by atoms with Gasteiger partial charge in [0.25, 0.3) is 0 Å². The number of anilines is 1. The first-order valence-corrected chi connectivity index (χ1v) is 6.99. The molecule has 1 saturated heterocycles. The van der Waals surface area contributed by atoms with Crippen molar-refractivity contribution >= 4 is 27.4 Å². The fraction of sp³-hybridized carbons (Fsp3) is 0.583. The molecule has 2 aliphatic rings. The van der Waals surface area contributed by atoms with Crippen molar-refractivity contribution in [1.82, 2.24) is 4.98 Å². The molecule has 2 fully saturated rings. The van der Waals surface area contributed by atoms with Crippen LogP contribution in [0.3, 0.4) is 0 Å². The van der Waals surface area contributed by atoms with E-state index in [1.807, 2.05) is 0 Å².